The topological polar surface area (TPSA) is 76.6 Å². The molecule has 2 atom stereocenters. The summed E-state index contributed by atoms with van der Waals surface area (Å²) in [4.78, 5) is 25.3. The van der Waals surface area contributed by atoms with E-state index in [0.29, 0.717) is 12.2 Å². The summed E-state index contributed by atoms with van der Waals surface area (Å²) in [5, 5.41) is 3.01. The summed E-state index contributed by atoms with van der Waals surface area (Å²) in [6.45, 7) is 11.9. The van der Waals surface area contributed by atoms with Gasteiger partial charge in [0.05, 0.1) is 29.3 Å². The average molecular weight is 629 g/mol. The number of hydrogen-bond donors (Lipinski definition) is 1. The summed E-state index contributed by atoms with van der Waals surface area (Å²) in [6.07, 6.45) is 9.28. The number of hydrogen-bond acceptors (Lipinski definition) is 6. The largest absolute Gasteiger partial charge is 0.351 e. The molecule has 1 amide bonds. The molecule has 1 saturated heterocycles. The van der Waals surface area contributed by atoms with E-state index in [0.717, 1.165) is 90.0 Å². The Kier molecular flexibility index (Phi) is 10.7. The highest BCUT2D eigenvalue weighted by molar-refractivity contribution is 5.93. The Hall–Kier alpha value is -3.46. The van der Waals surface area contributed by atoms with Crippen molar-refractivity contribution >= 4 is 12.0 Å². The molecule has 1 N–H and O–H groups in total. The molecule has 2 aromatic heterocycles. The SMILES string of the molecule is CC[C@H]1C[C@@H](/C=C/c2c(C(C)C)nc3c(c2-c2ccc(F)cc2)CCCc2nc(C(=O)NCCCN(C)C)ccc2-3)OC(C)(C)O1. The van der Waals surface area contributed by atoms with Crippen LogP contribution in [0, 0.1) is 5.82 Å². The van der Waals surface area contributed by atoms with Crippen molar-refractivity contribution < 1.29 is 18.7 Å². The van der Waals surface area contributed by atoms with Crippen molar-refractivity contribution in [3.8, 4) is 22.4 Å². The van der Waals surface area contributed by atoms with Gasteiger partial charge in [0, 0.05) is 24.1 Å². The van der Waals surface area contributed by atoms with Crippen molar-refractivity contribution in [3.63, 3.8) is 0 Å². The normalized spacial score (nSPS) is 19.3. The van der Waals surface area contributed by atoms with Gasteiger partial charge in [-0.3, -0.25) is 9.78 Å². The number of carbonyl (C=O) groups is 1. The predicted molar refractivity (Wildman–Crippen MR) is 182 cm³/mol. The molecular formula is C38H49FN4O3. The first-order valence-electron chi connectivity index (χ1n) is 16.8. The van der Waals surface area contributed by atoms with Crippen molar-refractivity contribution in [2.24, 2.45) is 0 Å². The first kappa shape index (κ1) is 33.9. The molecule has 46 heavy (non-hydrogen) atoms. The molecule has 1 fully saturated rings. The van der Waals surface area contributed by atoms with Crippen LogP contribution in [0.4, 0.5) is 4.39 Å². The number of nitrogens with zero attached hydrogens (tertiary/aromatic N) is 3. The molecule has 2 aliphatic rings. The Morgan fingerprint density at radius 3 is 2.57 bits per heavy atom. The third kappa shape index (κ3) is 7.91. The van der Waals surface area contributed by atoms with Gasteiger partial charge in [-0.25, -0.2) is 9.37 Å². The summed E-state index contributed by atoms with van der Waals surface area (Å²) in [7, 11) is 4.05. The number of rotatable bonds is 10. The number of nitrogens with one attached hydrogen (secondary N) is 1. The standard InChI is InChI=1S/C38H49FN4O3/c1-8-27-23-28(46-38(4,5)45-27)17-18-31-34(25-13-15-26(39)16-14-25)30-11-9-12-32-29(36(30)42-35(31)24(2)3)19-20-33(41-32)37(44)40-21-10-22-43(6)7/h13-20,24,27-28H,8-12,21-23H2,1-7H3,(H,40,44)/b18-17+/t27-,28+/m0/s1. The van der Waals surface area contributed by atoms with E-state index < -0.39 is 5.79 Å². The number of carbonyl (C=O) groups excluding carboxylic acids is 1. The van der Waals surface area contributed by atoms with Gasteiger partial charge in [-0.2, -0.15) is 0 Å². The first-order chi connectivity index (χ1) is 22.0. The van der Waals surface area contributed by atoms with Gasteiger partial charge in [0.25, 0.3) is 5.91 Å². The van der Waals surface area contributed by atoms with Crippen LogP contribution < -0.4 is 5.32 Å². The van der Waals surface area contributed by atoms with Gasteiger partial charge in [0.1, 0.15) is 11.5 Å². The lowest BCUT2D eigenvalue weighted by Gasteiger charge is -2.39. The second-order valence-electron chi connectivity index (χ2n) is 13.5. The summed E-state index contributed by atoms with van der Waals surface area (Å²) < 4.78 is 26.6. The van der Waals surface area contributed by atoms with Crippen molar-refractivity contribution in [2.45, 2.75) is 97.1 Å². The van der Waals surface area contributed by atoms with Crippen LogP contribution in [0.1, 0.15) is 99.2 Å². The van der Waals surface area contributed by atoms with E-state index in [1.54, 1.807) is 0 Å². The van der Waals surface area contributed by atoms with Crippen LogP contribution in [-0.4, -0.2) is 66.0 Å². The Morgan fingerprint density at radius 2 is 1.87 bits per heavy atom. The summed E-state index contributed by atoms with van der Waals surface area (Å²) in [5.41, 5.74) is 8.31. The zero-order valence-electron chi connectivity index (χ0n) is 28.5. The number of ether oxygens (including phenoxy) is 2. The van der Waals surface area contributed by atoms with Gasteiger partial charge in [-0.15, -0.1) is 0 Å². The molecule has 0 unspecified atom stereocenters. The minimum Gasteiger partial charge on any atom is -0.351 e. The highest BCUT2D eigenvalue weighted by atomic mass is 19.1. The second kappa shape index (κ2) is 14.5. The lowest BCUT2D eigenvalue weighted by molar-refractivity contribution is -0.290. The van der Waals surface area contributed by atoms with Crippen molar-refractivity contribution in [2.75, 3.05) is 27.2 Å². The number of benzene rings is 1. The number of halogens is 1. The Labute approximate surface area is 273 Å². The van der Waals surface area contributed by atoms with Crippen LogP contribution in [0.5, 0.6) is 0 Å². The average Bonchev–Trinajstić information content (AvgIpc) is 3.19. The molecule has 0 spiro atoms. The van der Waals surface area contributed by atoms with E-state index in [4.69, 9.17) is 19.4 Å². The number of aryl methyl sites for hydroxylation is 1. The minimum absolute atomic E-state index is 0.106. The maximum atomic E-state index is 14.2. The smallest absolute Gasteiger partial charge is 0.269 e. The number of amides is 1. The van der Waals surface area contributed by atoms with Gasteiger partial charge < -0.3 is 19.7 Å². The van der Waals surface area contributed by atoms with Crippen molar-refractivity contribution in [3.05, 3.63) is 76.5 Å². The molecule has 1 aliphatic heterocycles. The number of aromatic nitrogens is 2. The lowest BCUT2D eigenvalue weighted by atomic mass is 9.86. The maximum Gasteiger partial charge on any atom is 0.269 e. The molecule has 246 valence electrons. The number of fused-ring (bicyclic) bond motifs is 3. The predicted octanol–water partition coefficient (Wildman–Crippen LogP) is 7.58. The molecule has 0 bridgehead atoms. The fraction of sp³-hybridized carbons (Fsp3) is 0.500. The van der Waals surface area contributed by atoms with E-state index in [1.165, 1.54) is 12.1 Å². The van der Waals surface area contributed by atoms with Gasteiger partial charge in [-0.05, 0) is 113 Å². The molecule has 3 aromatic rings. The van der Waals surface area contributed by atoms with Gasteiger partial charge in [-0.1, -0.05) is 45.1 Å². The van der Waals surface area contributed by atoms with Crippen LogP contribution in [0.2, 0.25) is 0 Å². The molecule has 7 nitrogen and oxygen atoms in total. The molecule has 0 saturated carbocycles. The lowest BCUT2D eigenvalue weighted by Crippen LogP contribution is -2.43. The van der Waals surface area contributed by atoms with Gasteiger partial charge in [0.15, 0.2) is 5.79 Å². The molecule has 8 heteroatoms. The van der Waals surface area contributed by atoms with Crippen molar-refractivity contribution in [1.82, 2.24) is 20.2 Å². The summed E-state index contributed by atoms with van der Waals surface area (Å²) in [6, 6.07) is 10.6. The van der Waals surface area contributed by atoms with E-state index >= 15 is 0 Å². The Morgan fingerprint density at radius 1 is 1.11 bits per heavy atom. The molecule has 1 aliphatic carbocycles. The third-order valence-corrected chi connectivity index (χ3v) is 8.73. The van der Waals surface area contributed by atoms with Crippen LogP contribution in [0.15, 0.2) is 42.5 Å². The minimum atomic E-state index is -0.667. The fourth-order valence-corrected chi connectivity index (χ4v) is 6.55. The molecular weight excluding hydrogens is 579 g/mol. The van der Waals surface area contributed by atoms with Crippen LogP contribution in [0.3, 0.4) is 0 Å². The summed E-state index contributed by atoms with van der Waals surface area (Å²) >= 11 is 0. The van der Waals surface area contributed by atoms with Crippen LogP contribution >= 0.6 is 0 Å². The second-order valence-corrected chi connectivity index (χ2v) is 13.5. The molecule has 3 heterocycles. The maximum absolute atomic E-state index is 14.2. The highest BCUT2D eigenvalue weighted by Crippen LogP contribution is 2.42. The Balaban J connectivity index is 1.59. The van der Waals surface area contributed by atoms with Gasteiger partial charge >= 0.3 is 0 Å². The van der Waals surface area contributed by atoms with E-state index in [1.807, 2.05) is 52.2 Å². The highest BCUT2D eigenvalue weighted by Gasteiger charge is 2.34. The van der Waals surface area contributed by atoms with Crippen molar-refractivity contribution in [1.29, 1.82) is 0 Å². The van der Waals surface area contributed by atoms with E-state index in [9.17, 15) is 9.18 Å². The molecule has 1 aromatic carbocycles. The molecule has 0 radical (unpaired) electrons. The fourth-order valence-electron chi connectivity index (χ4n) is 6.55. The van der Waals surface area contributed by atoms with Crippen LogP contribution in [0.25, 0.3) is 28.5 Å². The third-order valence-electron chi connectivity index (χ3n) is 8.73. The number of pyridine rings is 2. The quantitative estimate of drug-likeness (QED) is 0.233. The monoisotopic (exact) mass is 628 g/mol. The first-order valence-corrected chi connectivity index (χ1v) is 16.8. The van der Waals surface area contributed by atoms with Crippen LogP contribution in [-0.2, 0) is 22.3 Å². The summed E-state index contributed by atoms with van der Waals surface area (Å²) in [5.74, 6) is -0.973. The zero-order valence-corrected chi connectivity index (χ0v) is 28.5. The van der Waals surface area contributed by atoms with E-state index in [-0.39, 0.29) is 29.9 Å². The molecule has 5 rings (SSSR count). The Bertz CT molecular complexity index is 1570. The van der Waals surface area contributed by atoms with E-state index in [2.05, 4.69) is 43.1 Å². The van der Waals surface area contributed by atoms with Gasteiger partial charge in [0.2, 0.25) is 0 Å². The zero-order chi connectivity index (χ0) is 33.0.